The third-order valence-corrected chi connectivity index (χ3v) is 4.37. The highest BCUT2D eigenvalue weighted by molar-refractivity contribution is 9.10. The lowest BCUT2D eigenvalue weighted by atomic mass is 10.0. The quantitative estimate of drug-likeness (QED) is 0.400. The molecule has 0 aliphatic heterocycles. The molecule has 0 aromatic heterocycles. The van der Waals surface area contributed by atoms with Crippen LogP contribution < -0.4 is 0 Å². The Kier molecular flexibility index (Phi) is 5.09. The molecule has 0 N–H and O–H groups in total. The molecule has 2 aromatic carbocycles. The molecule has 0 saturated carbocycles. The highest BCUT2D eigenvalue weighted by Gasteiger charge is 2.34. The molecule has 1 unspecified atom stereocenters. The summed E-state index contributed by atoms with van der Waals surface area (Å²) < 4.78 is 52.3. The minimum atomic E-state index is -4.69. The lowest BCUT2D eigenvalue weighted by Crippen LogP contribution is -2.09. The lowest BCUT2D eigenvalue weighted by molar-refractivity contribution is -0.140. The van der Waals surface area contributed by atoms with Crippen LogP contribution in [0.15, 0.2) is 46.9 Å². The summed E-state index contributed by atoms with van der Waals surface area (Å²) in [5.74, 6) is -1.26. The molecule has 21 heavy (non-hydrogen) atoms. The molecule has 2 aromatic rings. The molecule has 0 nitrogen and oxygen atoms in total. The number of rotatable bonds is 3. The fraction of sp³-hybridized carbons (Fsp3) is 0.200. The van der Waals surface area contributed by atoms with Crippen LogP contribution in [-0.2, 0) is 12.6 Å². The van der Waals surface area contributed by atoms with Crippen LogP contribution in [0.1, 0.15) is 21.5 Å². The molecule has 112 valence electrons. The largest absolute Gasteiger partial charge is 0.419 e. The molecule has 0 bridgehead atoms. The number of halogens is 6. The van der Waals surface area contributed by atoms with E-state index in [0.717, 1.165) is 22.2 Å². The Labute approximate surface area is 136 Å². The third kappa shape index (κ3) is 4.30. The fourth-order valence-electron chi connectivity index (χ4n) is 1.90. The monoisotopic (exact) mass is 424 g/mol. The molecular weight excluding hydrogens is 416 g/mol. The van der Waals surface area contributed by atoms with Gasteiger partial charge in [-0.05, 0) is 41.8 Å². The summed E-state index contributed by atoms with van der Waals surface area (Å²) in [4.78, 5) is -0.319. The van der Waals surface area contributed by atoms with E-state index in [2.05, 4.69) is 31.9 Å². The van der Waals surface area contributed by atoms with Crippen LogP contribution in [0.2, 0.25) is 0 Å². The van der Waals surface area contributed by atoms with E-state index in [4.69, 9.17) is 0 Å². The molecule has 1 atom stereocenters. The van der Waals surface area contributed by atoms with Gasteiger partial charge in [-0.1, -0.05) is 50.1 Å². The first kappa shape index (κ1) is 16.5. The van der Waals surface area contributed by atoms with Crippen molar-refractivity contribution in [3.8, 4) is 0 Å². The highest BCUT2D eigenvalue weighted by atomic mass is 79.9. The van der Waals surface area contributed by atoms with Gasteiger partial charge in [0.05, 0.1) is 5.56 Å². The van der Waals surface area contributed by atoms with Crippen LogP contribution >= 0.6 is 31.9 Å². The maximum atomic E-state index is 13.3. The maximum absolute atomic E-state index is 13.3. The van der Waals surface area contributed by atoms with Crippen molar-refractivity contribution in [2.24, 2.45) is 0 Å². The molecule has 0 amide bonds. The first-order valence-electron chi connectivity index (χ1n) is 6.02. The van der Waals surface area contributed by atoms with Crippen molar-refractivity contribution in [2.75, 3.05) is 0 Å². The minimum absolute atomic E-state index is 0.319. The third-order valence-electron chi connectivity index (χ3n) is 2.99. The van der Waals surface area contributed by atoms with Gasteiger partial charge in [-0.25, -0.2) is 4.39 Å². The summed E-state index contributed by atoms with van der Waals surface area (Å²) in [7, 11) is 0. The van der Waals surface area contributed by atoms with E-state index in [-0.39, 0.29) is 4.83 Å². The van der Waals surface area contributed by atoms with Gasteiger partial charge in [-0.3, -0.25) is 0 Å². The number of hydrogen-bond donors (Lipinski definition) is 0. The number of hydrogen-bond acceptors (Lipinski definition) is 0. The van der Waals surface area contributed by atoms with Crippen molar-refractivity contribution in [2.45, 2.75) is 17.4 Å². The van der Waals surface area contributed by atoms with Gasteiger partial charge in [0, 0.05) is 9.30 Å². The minimum Gasteiger partial charge on any atom is -0.206 e. The zero-order valence-electron chi connectivity index (χ0n) is 10.6. The Morgan fingerprint density at radius 3 is 2.19 bits per heavy atom. The Bertz CT molecular complexity index is 621. The molecule has 6 heteroatoms. The van der Waals surface area contributed by atoms with E-state index in [9.17, 15) is 17.6 Å². The van der Waals surface area contributed by atoms with Gasteiger partial charge in [-0.2, -0.15) is 13.2 Å². The second-order valence-electron chi connectivity index (χ2n) is 4.54. The molecular formula is C15H10Br2F4. The van der Waals surface area contributed by atoms with Crippen molar-refractivity contribution in [3.63, 3.8) is 0 Å². The van der Waals surface area contributed by atoms with Gasteiger partial charge in [0.1, 0.15) is 5.82 Å². The first-order chi connectivity index (χ1) is 9.77. The summed E-state index contributed by atoms with van der Waals surface area (Å²) in [6, 6.07) is 10.6. The Hall–Kier alpha value is -0.880. The van der Waals surface area contributed by atoms with E-state index in [1.54, 1.807) is 0 Å². The smallest absolute Gasteiger partial charge is 0.206 e. The predicted octanol–water partition coefficient (Wildman–Crippen LogP) is 6.29. The molecule has 0 saturated heterocycles. The maximum Gasteiger partial charge on any atom is 0.419 e. The average molecular weight is 426 g/mol. The second kappa shape index (κ2) is 6.48. The molecule has 2 rings (SSSR count). The molecule has 0 spiro atoms. The van der Waals surface area contributed by atoms with Crippen molar-refractivity contribution in [3.05, 3.63) is 69.4 Å². The van der Waals surface area contributed by atoms with Gasteiger partial charge in [0.25, 0.3) is 0 Å². The topological polar surface area (TPSA) is 0 Å². The Balaban J connectivity index is 2.23. The van der Waals surface area contributed by atoms with Crippen molar-refractivity contribution >= 4 is 31.9 Å². The van der Waals surface area contributed by atoms with Gasteiger partial charge in [-0.15, -0.1) is 0 Å². The molecule has 0 radical (unpaired) electrons. The highest BCUT2D eigenvalue weighted by Crippen LogP contribution is 2.35. The molecule has 0 aliphatic rings. The van der Waals surface area contributed by atoms with Crippen LogP contribution in [-0.4, -0.2) is 0 Å². The average Bonchev–Trinajstić information content (AvgIpc) is 2.40. The van der Waals surface area contributed by atoms with Crippen molar-refractivity contribution in [1.29, 1.82) is 0 Å². The zero-order chi connectivity index (χ0) is 15.6. The second-order valence-corrected chi connectivity index (χ2v) is 6.56. The van der Waals surface area contributed by atoms with Crippen LogP contribution in [0.25, 0.3) is 0 Å². The van der Waals surface area contributed by atoms with E-state index in [0.29, 0.717) is 12.0 Å². The van der Waals surface area contributed by atoms with Crippen LogP contribution in [0.4, 0.5) is 17.6 Å². The first-order valence-corrected chi connectivity index (χ1v) is 7.73. The lowest BCUT2D eigenvalue weighted by Gasteiger charge is -2.14. The summed E-state index contributed by atoms with van der Waals surface area (Å²) in [6.07, 6.45) is -4.18. The van der Waals surface area contributed by atoms with E-state index >= 15 is 0 Å². The van der Waals surface area contributed by atoms with Gasteiger partial charge in [0.15, 0.2) is 0 Å². The number of alkyl halides is 4. The van der Waals surface area contributed by atoms with E-state index in [1.807, 2.05) is 24.3 Å². The SMILES string of the molecule is Fc1ccc(C(Br)Cc2ccc(Br)cc2)cc1C(F)(F)F. The van der Waals surface area contributed by atoms with Crippen LogP contribution in [0.5, 0.6) is 0 Å². The predicted molar refractivity (Wildman–Crippen MR) is 80.9 cm³/mol. The van der Waals surface area contributed by atoms with E-state index in [1.165, 1.54) is 6.07 Å². The summed E-state index contributed by atoms with van der Waals surface area (Å²) >= 11 is 6.68. The summed E-state index contributed by atoms with van der Waals surface area (Å²) in [5.41, 5.74) is 0.129. The van der Waals surface area contributed by atoms with Crippen molar-refractivity contribution in [1.82, 2.24) is 0 Å². The normalized spacial score (nSPS) is 13.2. The molecule has 0 aliphatic carbocycles. The molecule has 0 fully saturated rings. The van der Waals surface area contributed by atoms with Gasteiger partial charge in [0.2, 0.25) is 0 Å². The van der Waals surface area contributed by atoms with E-state index < -0.39 is 17.6 Å². The summed E-state index contributed by atoms with van der Waals surface area (Å²) in [6.45, 7) is 0. The number of benzene rings is 2. The van der Waals surface area contributed by atoms with Gasteiger partial charge >= 0.3 is 6.18 Å². The Morgan fingerprint density at radius 1 is 1.00 bits per heavy atom. The van der Waals surface area contributed by atoms with Crippen LogP contribution in [0, 0.1) is 5.82 Å². The zero-order valence-corrected chi connectivity index (χ0v) is 13.8. The van der Waals surface area contributed by atoms with Crippen LogP contribution in [0.3, 0.4) is 0 Å². The van der Waals surface area contributed by atoms with Crippen molar-refractivity contribution < 1.29 is 17.6 Å². The fourth-order valence-corrected chi connectivity index (χ4v) is 2.82. The molecule has 0 heterocycles. The standard InChI is InChI=1S/C15H10Br2F4/c16-11-4-1-9(2-5-11)7-13(17)10-3-6-14(18)12(8-10)15(19,20)21/h1-6,8,13H,7H2. The van der Waals surface area contributed by atoms with Gasteiger partial charge < -0.3 is 0 Å². The summed E-state index contributed by atoms with van der Waals surface area (Å²) in [5, 5.41) is 0. The Morgan fingerprint density at radius 2 is 1.62 bits per heavy atom.